The number of imide groups is 1. The Labute approximate surface area is 174 Å². The number of nitrogens with one attached hydrogen (secondary N) is 2. The number of anilines is 1. The third-order valence-corrected chi connectivity index (χ3v) is 5.19. The number of aryl methyl sites for hydroxylation is 2. The zero-order valence-corrected chi connectivity index (χ0v) is 17.2. The van der Waals surface area contributed by atoms with Crippen LogP contribution in [0.25, 0.3) is 0 Å². The maximum absolute atomic E-state index is 13.0. The van der Waals surface area contributed by atoms with Gasteiger partial charge in [0.15, 0.2) is 0 Å². The largest absolute Gasteiger partial charge is 0.465 e. The van der Waals surface area contributed by atoms with E-state index in [1.54, 1.807) is 38.1 Å². The molecular formula is C22H23N3O5. The van der Waals surface area contributed by atoms with Crippen LogP contribution < -0.4 is 10.6 Å². The van der Waals surface area contributed by atoms with Gasteiger partial charge in [0, 0.05) is 5.69 Å². The minimum atomic E-state index is -1.25. The summed E-state index contributed by atoms with van der Waals surface area (Å²) in [5.74, 6) is -1.59. The highest BCUT2D eigenvalue weighted by atomic mass is 16.5. The number of carbonyl (C=O) groups excluding carboxylic acids is 4. The maximum Gasteiger partial charge on any atom is 0.337 e. The van der Waals surface area contributed by atoms with Crippen LogP contribution in [0.1, 0.15) is 34.0 Å². The summed E-state index contributed by atoms with van der Waals surface area (Å²) >= 11 is 0. The zero-order chi connectivity index (χ0) is 22.1. The van der Waals surface area contributed by atoms with Crippen LogP contribution in [0.4, 0.5) is 10.5 Å². The molecule has 0 radical (unpaired) electrons. The first-order valence-corrected chi connectivity index (χ1v) is 9.36. The Balaban J connectivity index is 1.78. The third kappa shape index (κ3) is 3.76. The number of hydrogen-bond acceptors (Lipinski definition) is 5. The van der Waals surface area contributed by atoms with Gasteiger partial charge in [0.1, 0.15) is 12.1 Å². The van der Waals surface area contributed by atoms with Crippen molar-refractivity contribution >= 4 is 29.5 Å². The highest BCUT2D eigenvalue weighted by molar-refractivity contribution is 6.10. The summed E-state index contributed by atoms with van der Waals surface area (Å²) in [6.07, 6.45) is 0. The fourth-order valence-corrected chi connectivity index (χ4v) is 3.49. The number of methoxy groups -OCH3 is 1. The van der Waals surface area contributed by atoms with E-state index in [2.05, 4.69) is 15.4 Å². The fraction of sp³-hybridized carbons (Fsp3) is 0.273. The van der Waals surface area contributed by atoms with E-state index >= 15 is 0 Å². The predicted octanol–water partition coefficient (Wildman–Crippen LogP) is 2.50. The topological polar surface area (TPSA) is 105 Å². The Morgan fingerprint density at radius 1 is 1.10 bits per heavy atom. The van der Waals surface area contributed by atoms with Crippen LogP contribution in [0.5, 0.6) is 0 Å². The Bertz CT molecular complexity index is 1050. The van der Waals surface area contributed by atoms with Gasteiger partial charge in [-0.1, -0.05) is 30.3 Å². The van der Waals surface area contributed by atoms with Crippen LogP contribution in [0.2, 0.25) is 0 Å². The van der Waals surface area contributed by atoms with Gasteiger partial charge in [-0.25, -0.2) is 9.59 Å². The van der Waals surface area contributed by atoms with Gasteiger partial charge in [0.25, 0.3) is 5.91 Å². The smallest absolute Gasteiger partial charge is 0.337 e. The van der Waals surface area contributed by atoms with Crippen molar-refractivity contribution in [3.8, 4) is 0 Å². The average Bonchev–Trinajstić information content (AvgIpc) is 2.93. The van der Waals surface area contributed by atoms with Crippen LogP contribution in [-0.2, 0) is 19.9 Å². The summed E-state index contributed by atoms with van der Waals surface area (Å²) in [7, 11) is 1.27. The van der Waals surface area contributed by atoms with Gasteiger partial charge in [-0.05, 0) is 49.6 Å². The molecular weight excluding hydrogens is 386 g/mol. The molecule has 0 saturated carbocycles. The molecule has 0 bridgehead atoms. The summed E-state index contributed by atoms with van der Waals surface area (Å²) in [5, 5.41) is 5.35. The van der Waals surface area contributed by atoms with E-state index in [0.717, 1.165) is 16.0 Å². The van der Waals surface area contributed by atoms with Crippen molar-refractivity contribution in [3.63, 3.8) is 0 Å². The van der Waals surface area contributed by atoms with Crippen molar-refractivity contribution in [2.24, 2.45) is 0 Å². The Morgan fingerprint density at radius 3 is 2.47 bits per heavy atom. The molecule has 0 aromatic heterocycles. The third-order valence-electron chi connectivity index (χ3n) is 5.19. The van der Waals surface area contributed by atoms with Crippen molar-refractivity contribution in [2.75, 3.05) is 19.0 Å². The molecule has 2 aromatic rings. The van der Waals surface area contributed by atoms with Crippen molar-refractivity contribution < 1.29 is 23.9 Å². The fourth-order valence-electron chi connectivity index (χ4n) is 3.49. The quantitative estimate of drug-likeness (QED) is 0.583. The molecule has 4 amide bonds. The second-order valence-electron chi connectivity index (χ2n) is 7.33. The number of benzene rings is 2. The summed E-state index contributed by atoms with van der Waals surface area (Å²) in [4.78, 5) is 50.7. The number of ether oxygens (including phenoxy) is 1. The number of rotatable bonds is 5. The number of esters is 1. The summed E-state index contributed by atoms with van der Waals surface area (Å²) in [6.45, 7) is 4.79. The average molecular weight is 409 g/mol. The summed E-state index contributed by atoms with van der Waals surface area (Å²) < 4.78 is 4.69. The predicted molar refractivity (Wildman–Crippen MR) is 110 cm³/mol. The number of amides is 4. The molecule has 156 valence electrons. The minimum absolute atomic E-state index is 0.278. The van der Waals surface area contributed by atoms with Gasteiger partial charge in [-0.3, -0.25) is 14.5 Å². The van der Waals surface area contributed by atoms with Crippen LogP contribution in [0, 0.1) is 13.8 Å². The van der Waals surface area contributed by atoms with E-state index in [1.165, 1.54) is 13.2 Å². The van der Waals surface area contributed by atoms with Crippen LogP contribution in [0.3, 0.4) is 0 Å². The van der Waals surface area contributed by atoms with Crippen molar-refractivity contribution in [2.45, 2.75) is 26.3 Å². The lowest BCUT2D eigenvalue weighted by molar-refractivity contribution is -0.133. The summed E-state index contributed by atoms with van der Waals surface area (Å²) in [5.41, 5.74) is 1.68. The molecule has 2 N–H and O–H groups in total. The molecule has 0 spiro atoms. The highest BCUT2D eigenvalue weighted by Gasteiger charge is 2.50. The molecule has 1 saturated heterocycles. The molecule has 1 unspecified atom stereocenters. The van der Waals surface area contributed by atoms with E-state index in [-0.39, 0.29) is 5.56 Å². The van der Waals surface area contributed by atoms with Crippen molar-refractivity contribution in [1.29, 1.82) is 0 Å². The van der Waals surface area contributed by atoms with Gasteiger partial charge < -0.3 is 15.4 Å². The first-order chi connectivity index (χ1) is 14.2. The minimum Gasteiger partial charge on any atom is -0.465 e. The molecule has 1 atom stereocenters. The van der Waals surface area contributed by atoms with Gasteiger partial charge in [-0.2, -0.15) is 0 Å². The Hall–Kier alpha value is -3.68. The monoisotopic (exact) mass is 409 g/mol. The molecule has 3 rings (SSSR count). The van der Waals surface area contributed by atoms with Gasteiger partial charge >= 0.3 is 12.0 Å². The van der Waals surface area contributed by atoms with Gasteiger partial charge in [0.05, 0.1) is 12.7 Å². The Kier molecular flexibility index (Phi) is 5.60. The van der Waals surface area contributed by atoms with E-state index in [1.807, 2.05) is 19.1 Å². The second kappa shape index (κ2) is 7.98. The van der Waals surface area contributed by atoms with Gasteiger partial charge in [-0.15, -0.1) is 0 Å². The van der Waals surface area contributed by atoms with Gasteiger partial charge in [0.2, 0.25) is 5.91 Å². The van der Waals surface area contributed by atoms with E-state index < -0.39 is 35.9 Å². The van der Waals surface area contributed by atoms with E-state index in [0.29, 0.717) is 11.3 Å². The van der Waals surface area contributed by atoms with Crippen molar-refractivity contribution in [3.05, 3.63) is 64.7 Å². The molecule has 1 fully saturated rings. The lowest BCUT2D eigenvalue weighted by atomic mass is 9.88. The van der Waals surface area contributed by atoms with E-state index in [4.69, 9.17) is 0 Å². The van der Waals surface area contributed by atoms with E-state index in [9.17, 15) is 19.2 Å². The molecule has 30 heavy (non-hydrogen) atoms. The summed E-state index contributed by atoms with van der Waals surface area (Å²) in [6, 6.07) is 11.4. The number of urea groups is 1. The first kappa shape index (κ1) is 21.0. The molecule has 8 heteroatoms. The zero-order valence-electron chi connectivity index (χ0n) is 17.2. The van der Waals surface area contributed by atoms with Crippen LogP contribution >= 0.6 is 0 Å². The second-order valence-corrected chi connectivity index (χ2v) is 7.33. The standard InChI is InChI=1S/C22H23N3O5/c1-13-7-5-6-8-16(13)22(3)20(28)25(21(29)24-22)12-18(26)23-17-11-15(19(27)30-4)10-9-14(17)2/h5-11H,12H2,1-4H3,(H,23,26)(H,24,29). The van der Waals surface area contributed by atoms with Crippen molar-refractivity contribution in [1.82, 2.24) is 10.2 Å². The highest BCUT2D eigenvalue weighted by Crippen LogP contribution is 2.30. The van der Waals surface area contributed by atoms with Crippen LogP contribution in [0.15, 0.2) is 42.5 Å². The number of hydrogen-bond donors (Lipinski definition) is 2. The maximum atomic E-state index is 13.0. The number of carbonyl (C=O) groups is 4. The molecule has 8 nitrogen and oxygen atoms in total. The normalized spacial score (nSPS) is 18.2. The molecule has 2 aromatic carbocycles. The molecule has 1 aliphatic heterocycles. The lowest BCUT2D eigenvalue weighted by Gasteiger charge is -2.24. The molecule has 1 heterocycles. The van der Waals surface area contributed by atoms with Crippen LogP contribution in [-0.4, -0.2) is 42.4 Å². The first-order valence-electron chi connectivity index (χ1n) is 9.36. The number of nitrogens with zero attached hydrogens (tertiary/aromatic N) is 1. The lowest BCUT2D eigenvalue weighted by Crippen LogP contribution is -2.42. The SMILES string of the molecule is COC(=O)c1ccc(C)c(NC(=O)CN2C(=O)NC(C)(c3ccccc3C)C2=O)c1. The molecule has 0 aliphatic carbocycles. The molecule has 1 aliphatic rings. The Morgan fingerprint density at radius 2 is 1.80 bits per heavy atom.